The van der Waals surface area contributed by atoms with Crippen molar-refractivity contribution in [1.29, 1.82) is 0 Å². The minimum atomic E-state index is -0.0902. The molecule has 1 heterocycles. The lowest BCUT2D eigenvalue weighted by atomic mass is 10.2. The molecular weight excluding hydrogens is 320 g/mol. The summed E-state index contributed by atoms with van der Waals surface area (Å²) < 4.78 is 5.53. The van der Waals surface area contributed by atoms with Gasteiger partial charge in [-0.05, 0) is 36.9 Å². The van der Waals surface area contributed by atoms with Crippen LogP contribution in [0.2, 0.25) is 0 Å². The Morgan fingerprint density at radius 3 is 2.55 bits per heavy atom. The highest BCUT2D eigenvalue weighted by molar-refractivity contribution is 7.98. The van der Waals surface area contributed by atoms with Crippen molar-refractivity contribution < 1.29 is 9.21 Å². The number of rotatable bonds is 7. The monoisotopic (exact) mass is 340 g/mol. The summed E-state index contributed by atoms with van der Waals surface area (Å²) in [4.78, 5) is 14.3. The molecule has 0 aliphatic rings. The first kappa shape index (κ1) is 18.6. The van der Waals surface area contributed by atoms with Crippen molar-refractivity contribution in [3.8, 4) is 0 Å². The fourth-order valence-corrected chi connectivity index (χ4v) is 2.42. The number of nitrogens with two attached hydrogens (primary N) is 1. The molecule has 1 aromatic carbocycles. The Morgan fingerprint density at radius 2 is 1.95 bits per heavy atom. The van der Waals surface area contributed by atoms with Crippen LogP contribution in [0.15, 0.2) is 52.0 Å². The molecule has 6 heteroatoms. The average Bonchev–Trinajstić information content (AvgIpc) is 3.00. The first-order valence-corrected chi connectivity index (χ1v) is 8.14. The number of hydrogen-bond acceptors (Lipinski definition) is 4. The highest BCUT2D eigenvalue weighted by Crippen LogP contribution is 2.20. The van der Waals surface area contributed by atoms with Crippen molar-refractivity contribution >= 4 is 30.1 Å². The Bertz CT molecular complexity index is 575. The van der Waals surface area contributed by atoms with E-state index in [1.807, 2.05) is 42.7 Å². The molecule has 0 aliphatic carbocycles. The highest BCUT2D eigenvalue weighted by Gasteiger charge is 2.19. The lowest BCUT2D eigenvalue weighted by Crippen LogP contribution is -2.32. The smallest absolute Gasteiger partial charge is 0.289 e. The minimum absolute atomic E-state index is 0. The molecule has 1 aromatic heterocycles. The number of carbonyl (C=O) groups excluding carboxylic acids is 1. The molecule has 0 fully saturated rings. The Morgan fingerprint density at radius 1 is 1.23 bits per heavy atom. The number of amides is 1. The van der Waals surface area contributed by atoms with E-state index in [9.17, 15) is 4.79 Å². The molecule has 120 valence electrons. The van der Waals surface area contributed by atoms with Gasteiger partial charge < -0.3 is 15.1 Å². The molecule has 1 amide bonds. The van der Waals surface area contributed by atoms with Crippen molar-refractivity contribution in [3.63, 3.8) is 0 Å². The van der Waals surface area contributed by atoms with Crippen molar-refractivity contribution in [2.24, 2.45) is 5.73 Å². The summed E-state index contributed by atoms with van der Waals surface area (Å²) in [5.41, 5.74) is 6.67. The summed E-state index contributed by atoms with van der Waals surface area (Å²) in [6.07, 6.45) is 2.69. The average molecular weight is 341 g/mol. The standard InChI is InChI=1S/C16H20N2O2S.ClH/c1-21-15-9-8-14(20-15)16(19)18(11-5-10-17)12-13-6-3-2-4-7-13;/h2-4,6-9H,5,10-12,17H2,1H3;1H. The van der Waals surface area contributed by atoms with Crippen LogP contribution in [0.5, 0.6) is 0 Å². The van der Waals surface area contributed by atoms with Crippen molar-refractivity contribution in [2.45, 2.75) is 18.1 Å². The van der Waals surface area contributed by atoms with Gasteiger partial charge in [-0.1, -0.05) is 42.1 Å². The number of thioether (sulfide) groups is 1. The molecule has 0 unspecified atom stereocenters. The van der Waals surface area contributed by atoms with Gasteiger partial charge in [-0.3, -0.25) is 4.79 Å². The van der Waals surface area contributed by atoms with Crippen LogP contribution in [0.1, 0.15) is 22.5 Å². The second-order valence-electron chi connectivity index (χ2n) is 4.68. The summed E-state index contributed by atoms with van der Waals surface area (Å²) in [6, 6.07) is 13.5. The van der Waals surface area contributed by atoms with Gasteiger partial charge in [0.05, 0.1) is 0 Å². The van der Waals surface area contributed by atoms with Gasteiger partial charge in [0.2, 0.25) is 0 Å². The van der Waals surface area contributed by atoms with E-state index in [0.717, 1.165) is 17.1 Å². The van der Waals surface area contributed by atoms with E-state index in [-0.39, 0.29) is 18.3 Å². The summed E-state index contributed by atoms with van der Waals surface area (Å²) in [6.45, 7) is 1.75. The lowest BCUT2D eigenvalue weighted by Gasteiger charge is -2.21. The van der Waals surface area contributed by atoms with Gasteiger partial charge in [0, 0.05) is 13.1 Å². The van der Waals surface area contributed by atoms with Gasteiger partial charge >= 0.3 is 0 Å². The quantitative estimate of drug-likeness (QED) is 0.785. The lowest BCUT2D eigenvalue weighted by molar-refractivity contribution is 0.0704. The van der Waals surface area contributed by atoms with Crippen LogP contribution >= 0.6 is 24.2 Å². The zero-order chi connectivity index (χ0) is 15.1. The molecule has 2 rings (SSSR count). The Kier molecular flexibility index (Phi) is 8.09. The summed E-state index contributed by atoms with van der Waals surface area (Å²) >= 11 is 1.48. The topological polar surface area (TPSA) is 59.5 Å². The number of benzene rings is 1. The van der Waals surface area contributed by atoms with Crippen LogP contribution in [0, 0.1) is 0 Å². The molecule has 2 aromatic rings. The molecule has 0 saturated heterocycles. The molecule has 2 N–H and O–H groups in total. The Balaban J connectivity index is 0.00000242. The molecule has 22 heavy (non-hydrogen) atoms. The molecule has 0 bridgehead atoms. The maximum absolute atomic E-state index is 12.6. The van der Waals surface area contributed by atoms with Gasteiger partial charge in [-0.25, -0.2) is 0 Å². The van der Waals surface area contributed by atoms with Crippen LogP contribution < -0.4 is 5.73 Å². The van der Waals surface area contributed by atoms with Crippen LogP contribution in [0.3, 0.4) is 0 Å². The van der Waals surface area contributed by atoms with Crippen molar-refractivity contribution in [2.75, 3.05) is 19.3 Å². The minimum Gasteiger partial charge on any atom is -0.445 e. The van der Waals surface area contributed by atoms with Gasteiger partial charge in [0.1, 0.15) is 0 Å². The van der Waals surface area contributed by atoms with E-state index in [1.54, 1.807) is 11.0 Å². The fraction of sp³-hybridized carbons (Fsp3) is 0.312. The van der Waals surface area contributed by atoms with Crippen molar-refractivity contribution in [1.82, 2.24) is 4.90 Å². The Hall–Kier alpha value is -1.43. The predicted octanol–water partition coefficient (Wildman–Crippen LogP) is 3.41. The second kappa shape index (κ2) is 9.56. The Labute approximate surface area is 141 Å². The van der Waals surface area contributed by atoms with Gasteiger partial charge in [0.25, 0.3) is 5.91 Å². The number of nitrogens with zero attached hydrogens (tertiary/aromatic N) is 1. The molecule has 0 spiro atoms. The number of hydrogen-bond donors (Lipinski definition) is 1. The van der Waals surface area contributed by atoms with Crippen LogP contribution in [0.25, 0.3) is 0 Å². The highest BCUT2D eigenvalue weighted by atomic mass is 35.5. The van der Waals surface area contributed by atoms with Crippen LogP contribution in [-0.2, 0) is 6.54 Å². The van der Waals surface area contributed by atoms with Crippen LogP contribution in [-0.4, -0.2) is 30.2 Å². The fourth-order valence-electron chi connectivity index (χ4n) is 2.04. The van der Waals surface area contributed by atoms with Gasteiger partial charge in [-0.2, -0.15) is 0 Å². The second-order valence-corrected chi connectivity index (χ2v) is 5.49. The molecule has 0 aliphatic heterocycles. The molecule has 0 saturated carbocycles. The normalized spacial score (nSPS) is 10.1. The van der Waals surface area contributed by atoms with Crippen molar-refractivity contribution in [3.05, 3.63) is 53.8 Å². The maximum Gasteiger partial charge on any atom is 0.289 e. The predicted molar refractivity (Wildman–Crippen MR) is 92.6 cm³/mol. The van der Waals surface area contributed by atoms with Crippen LogP contribution in [0.4, 0.5) is 0 Å². The third-order valence-corrected chi connectivity index (χ3v) is 3.75. The zero-order valence-electron chi connectivity index (χ0n) is 12.5. The summed E-state index contributed by atoms with van der Waals surface area (Å²) in [5.74, 6) is 0.292. The summed E-state index contributed by atoms with van der Waals surface area (Å²) in [5, 5.41) is 0.747. The first-order valence-electron chi connectivity index (χ1n) is 6.91. The van der Waals surface area contributed by atoms with Gasteiger partial charge in [0.15, 0.2) is 10.9 Å². The zero-order valence-corrected chi connectivity index (χ0v) is 14.2. The maximum atomic E-state index is 12.6. The molecule has 0 atom stereocenters. The van der Waals surface area contributed by atoms with E-state index in [0.29, 0.717) is 25.4 Å². The number of carbonyl (C=O) groups is 1. The molecule has 0 radical (unpaired) electrons. The SMILES string of the molecule is CSc1ccc(C(=O)N(CCCN)Cc2ccccc2)o1.Cl. The van der Waals surface area contributed by atoms with E-state index < -0.39 is 0 Å². The summed E-state index contributed by atoms with van der Waals surface area (Å²) in [7, 11) is 0. The third-order valence-electron chi connectivity index (χ3n) is 3.13. The largest absolute Gasteiger partial charge is 0.445 e. The van der Waals surface area contributed by atoms with E-state index in [1.165, 1.54) is 11.8 Å². The number of furan rings is 1. The van der Waals surface area contributed by atoms with E-state index >= 15 is 0 Å². The van der Waals surface area contributed by atoms with E-state index in [4.69, 9.17) is 10.2 Å². The molecular formula is C16H21ClN2O2S. The number of halogens is 1. The van der Waals surface area contributed by atoms with Gasteiger partial charge in [-0.15, -0.1) is 12.4 Å². The molecule has 4 nitrogen and oxygen atoms in total. The van der Waals surface area contributed by atoms with E-state index in [2.05, 4.69) is 0 Å². The third kappa shape index (κ3) is 5.09. The first-order chi connectivity index (χ1) is 10.2.